The van der Waals surface area contributed by atoms with Crippen LogP contribution >= 0.6 is 0 Å². The summed E-state index contributed by atoms with van der Waals surface area (Å²) in [4.78, 5) is 0. The minimum atomic E-state index is 0.340. The number of ether oxygens (including phenoxy) is 3. The van der Waals surface area contributed by atoms with Crippen LogP contribution in [0.15, 0.2) is 30.3 Å². The van der Waals surface area contributed by atoms with Crippen LogP contribution in [0.2, 0.25) is 0 Å². The first kappa shape index (κ1) is 9.49. The average Bonchev–Trinajstić information content (AvgIpc) is 3.03. The Bertz CT molecular complexity index is 256. The molecule has 76 valence electrons. The van der Waals surface area contributed by atoms with E-state index in [9.17, 15) is 0 Å². The van der Waals surface area contributed by atoms with E-state index in [1.165, 1.54) is 0 Å². The van der Waals surface area contributed by atoms with Crippen molar-refractivity contribution in [2.45, 2.75) is 6.10 Å². The van der Waals surface area contributed by atoms with Crippen molar-refractivity contribution >= 4 is 0 Å². The van der Waals surface area contributed by atoms with Crippen molar-refractivity contribution in [2.75, 3.05) is 26.4 Å². The molecule has 0 radical (unpaired) electrons. The maximum atomic E-state index is 5.44. The van der Waals surface area contributed by atoms with Crippen LogP contribution in [-0.4, -0.2) is 32.5 Å². The molecule has 1 unspecified atom stereocenters. The van der Waals surface area contributed by atoms with Gasteiger partial charge in [-0.1, -0.05) is 18.2 Å². The number of rotatable bonds is 6. The van der Waals surface area contributed by atoms with Gasteiger partial charge in [0.25, 0.3) is 0 Å². The Morgan fingerprint density at radius 3 is 2.71 bits per heavy atom. The lowest BCUT2D eigenvalue weighted by Crippen LogP contribution is -2.09. The molecule has 1 fully saturated rings. The van der Waals surface area contributed by atoms with Gasteiger partial charge in [0.2, 0.25) is 0 Å². The zero-order valence-electron chi connectivity index (χ0n) is 8.02. The summed E-state index contributed by atoms with van der Waals surface area (Å²) in [5.41, 5.74) is 0. The molecule has 0 N–H and O–H groups in total. The predicted octanol–water partition coefficient (Wildman–Crippen LogP) is 1.48. The minimum absolute atomic E-state index is 0.340. The number of hydrogen-bond donors (Lipinski definition) is 0. The van der Waals surface area contributed by atoms with Crippen LogP contribution < -0.4 is 4.74 Å². The lowest BCUT2D eigenvalue weighted by atomic mass is 10.3. The standard InChI is InChI=1S/C11H14O3/c1-2-4-10(5-3-1)13-7-6-12-8-11-9-14-11/h1-5,11H,6-9H2. The second-order valence-corrected chi connectivity index (χ2v) is 3.19. The predicted molar refractivity (Wildman–Crippen MR) is 52.5 cm³/mol. The first-order valence-corrected chi connectivity index (χ1v) is 4.82. The van der Waals surface area contributed by atoms with Crippen LogP contribution in [0.1, 0.15) is 0 Å². The molecule has 2 rings (SSSR count). The summed E-state index contributed by atoms with van der Waals surface area (Å²) in [6.45, 7) is 2.75. The first-order chi connectivity index (χ1) is 6.95. The van der Waals surface area contributed by atoms with Crippen molar-refractivity contribution in [3.05, 3.63) is 30.3 Å². The topological polar surface area (TPSA) is 31.0 Å². The SMILES string of the molecule is c1ccc(OCCOCC2CO2)cc1. The van der Waals surface area contributed by atoms with E-state index in [2.05, 4.69) is 0 Å². The van der Waals surface area contributed by atoms with Crippen molar-refractivity contribution < 1.29 is 14.2 Å². The van der Waals surface area contributed by atoms with Gasteiger partial charge in [0.05, 0.1) is 19.8 Å². The van der Waals surface area contributed by atoms with E-state index in [-0.39, 0.29) is 0 Å². The highest BCUT2D eigenvalue weighted by Crippen LogP contribution is 2.09. The maximum Gasteiger partial charge on any atom is 0.119 e. The molecule has 0 aliphatic carbocycles. The second-order valence-electron chi connectivity index (χ2n) is 3.19. The summed E-state index contributed by atoms with van der Waals surface area (Å²) >= 11 is 0. The monoisotopic (exact) mass is 194 g/mol. The Labute approximate surface area is 83.6 Å². The van der Waals surface area contributed by atoms with Gasteiger partial charge in [-0.15, -0.1) is 0 Å². The Balaban J connectivity index is 1.54. The summed E-state index contributed by atoms with van der Waals surface area (Å²) < 4.78 is 15.8. The summed E-state index contributed by atoms with van der Waals surface area (Å²) in [7, 11) is 0. The van der Waals surface area contributed by atoms with E-state index in [4.69, 9.17) is 14.2 Å². The van der Waals surface area contributed by atoms with Gasteiger partial charge in [0.15, 0.2) is 0 Å². The van der Waals surface area contributed by atoms with Crippen LogP contribution in [-0.2, 0) is 9.47 Å². The van der Waals surface area contributed by atoms with Gasteiger partial charge >= 0.3 is 0 Å². The van der Waals surface area contributed by atoms with Crippen molar-refractivity contribution in [2.24, 2.45) is 0 Å². The van der Waals surface area contributed by atoms with Crippen molar-refractivity contribution in [1.82, 2.24) is 0 Å². The highest BCUT2D eigenvalue weighted by atomic mass is 16.6. The summed E-state index contributed by atoms with van der Waals surface area (Å²) in [5, 5.41) is 0. The highest BCUT2D eigenvalue weighted by molar-refractivity contribution is 5.20. The molecule has 1 atom stereocenters. The lowest BCUT2D eigenvalue weighted by molar-refractivity contribution is 0.0878. The Morgan fingerprint density at radius 2 is 2.00 bits per heavy atom. The Morgan fingerprint density at radius 1 is 1.21 bits per heavy atom. The second kappa shape index (κ2) is 4.98. The number of epoxide rings is 1. The van der Waals surface area contributed by atoms with Crippen molar-refractivity contribution in [3.63, 3.8) is 0 Å². The van der Waals surface area contributed by atoms with Gasteiger partial charge in [-0.25, -0.2) is 0 Å². The van der Waals surface area contributed by atoms with E-state index in [0.717, 1.165) is 12.4 Å². The molecule has 14 heavy (non-hydrogen) atoms. The molecule has 0 aromatic heterocycles. The van der Waals surface area contributed by atoms with Crippen LogP contribution in [0.4, 0.5) is 0 Å². The molecule has 3 heteroatoms. The fraction of sp³-hybridized carbons (Fsp3) is 0.455. The normalized spacial score (nSPS) is 19.3. The molecule has 1 heterocycles. The van der Waals surface area contributed by atoms with Crippen LogP contribution in [0.5, 0.6) is 5.75 Å². The van der Waals surface area contributed by atoms with E-state index in [1.54, 1.807) is 0 Å². The number of benzene rings is 1. The van der Waals surface area contributed by atoms with Gasteiger partial charge in [0.1, 0.15) is 18.5 Å². The van der Waals surface area contributed by atoms with Gasteiger partial charge in [-0.2, -0.15) is 0 Å². The lowest BCUT2D eigenvalue weighted by Gasteiger charge is -2.05. The zero-order chi connectivity index (χ0) is 9.64. The van der Waals surface area contributed by atoms with E-state index in [0.29, 0.717) is 25.9 Å². The van der Waals surface area contributed by atoms with E-state index >= 15 is 0 Å². The Kier molecular flexibility index (Phi) is 3.38. The smallest absolute Gasteiger partial charge is 0.119 e. The fourth-order valence-corrected chi connectivity index (χ4v) is 1.11. The first-order valence-electron chi connectivity index (χ1n) is 4.82. The third-order valence-corrected chi connectivity index (χ3v) is 1.95. The maximum absolute atomic E-state index is 5.44. The molecule has 0 saturated carbocycles. The summed E-state index contributed by atoms with van der Waals surface area (Å²) in [6, 6.07) is 9.74. The van der Waals surface area contributed by atoms with E-state index < -0.39 is 0 Å². The van der Waals surface area contributed by atoms with Crippen molar-refractivity contribution in [3.8, 4) is 5.75 Å². The minimum Gasteiger partial charge on any atom is -0.491 e. The molecule has 1 aliphatic heterocycles. The van der Waals surface area contributed by atoms with Crippen LogP contribution in [0.25, 0.3) is 0 Å². The third-order valence-electron chi connectivity index (χ3n) is 1.95. The molecule has 3 nitrogen and oxygen atoms in total. The van der Waals surface area contributed by atoms with Crippen molar-refractivity contribution in [1.29, 1.82) is 0 Å². The average molecular weight is 194 g/mol. The molecule has 0 bridgehead atoms. The van der Waals surface area contributed by atoms with Gasteiger partial charge < -0.3 is 14.2 Å². The summed E-state index contributed by atoms with van der Waals surface area (Å²) in [6.07, 6.45) is 0.340. The van der Waals surface area contributed by atoms with Crippen LogP contribution in [0.3, 0.4) is 0 Å². The largest absolute Gasteiger partial charge is 0.491 e. The molecule has 1 aromatic rings. The van der Waals surface area contributed by atoms with Gasteiger partial charge in [0, 0.05) is 0 Å². The molecule has 1 saturated heterocycles. The molecule has 1 aromatic carbocycles. The van der Waals surface area contributed by atoms with Crippen LogP contribution in [0, 0.1) is 0 Å². The molecule has 1 aliphatic rings. The third kappa shape index (κ3) is 3.36. The highest BCUT2D eigenvalue weighted by Gasteiger charge is 2.21. The molecular weight excluding hydrogens is 180 g/mol. The molecular formula is C11H14O3. The van der Waals surface area contributed by atoms with Gasteiger partial charge in [-0.3, -0.25) is 0 Å². The number of para-hydroxylation sites is 1. The molecule has 0 spiro atoms. The van der Waals surface area contributed by atoms with E-state index in [1.807, 2.05) is 30.3 Å². The molecule has 0 amide bonds. The number of hydrogen-bond acceptors (Lipinski definition) is 3. The Hall–Kier alpha value is -1.06. The fourth-order valence-electron chi connectivity index (χ4n) is 1.11. The quantitative estimate of drug-likeness (QED) is 0.507. The van der Waals surface area contributed by atoms with Gasteiger partial charge in [-0.05, 0) is 12.1 Å². The summed E-state index contributed by atoms with van der Waals surface area (Å²) in [5.74, 6) is 0.888. The zero-order valence-corrected chi connectivity index (χ0v) is 8.02.